The monoisotopic (exact) mass is 301 g/mol. The lowest BCUT2D eigenvalue weighted by molar-refractivity contribution is -0.385. The standard InChI is InChI=1S/C14H15N5O3/c20-19(21)12-7-16-14(17-8-12)18-11-3-1-10(2-4-11)13-9-15-5-6-22-13/h1-4,7-8,13,15H,5-6,9H2,(H,16,17,18)/t13-/m1/s1. The smallest absolute Gasteiger partial charge is 0.305 e. The van der Waals surface area contributed by atoms with E-state index in [-0.39, 0.29) is 11.8 Å². The van der Waals surface area contributed by atoms with Gasteiger partial charge in [-0.3, -0.25) is 10.1 Å². The number of nitro groups is 1. The van der Waals surface area contributed by atoms with Gasteiger partial charge in [-0.1, -0.05) is 12.1 Å². The molecule has 1 aliphatic heterocycles. The number of anilines is 2. The Morgan fingerprint density at radius 3 is 2.59 bits per heavy atom. The molecule has 2 aromatic rings. The van der Waals surface area contributed by atoms with Crippen molar-refractivity contribution in [3.63, 3.8) is 0 Å². The van der Waals surface area contributed by atoms with E-state index in [1.165, 1.54) is 12.4 Å². The Morgan fingerprint density at radius 1 is 1.27 bits per heavy atom. The van der Waals surface area contributed by atoms with E-state index in [0.717, 1.165) is 24.3 Å². The van der Waals surface area contributed by atoms with E-state index in [2.05, 4.69) is 20.6 Å². The topological polar surface area (TPSA) is 102 Å². The molecular formula is C14H15N5O3. The molecule has 0 bridgehead atoms. The Morgan fingerprint density at radius 2 is 2.00 bits per heavy atom. The maximum atomic E-state index is 10.5. The molecule has 114 valence electrons. The van der Waals surface area contributed by atoms with Crippen molar-refractivity contribution in [1.29, 1.82) is 0 Å². The number of nitrogens with one attached hydrogen (secondary N) is 2. The summed E-state index contributed by atoms with van der Waals surface area (Å²) in [4.78, 5) is 17.8. The molecule has 0 spiro atoms. The van der Waals surface area contributed by atoms with Crippen molar-refractivity contribution >= 4 is 17.3 Å². The van der Waals surface area contributed by atoms with Crippen molar-refractivity contribution in [1.82, 2.24) is 15.3 Å². The second kappa shape index (κ2) is 6.46. The Hall–Kier alpha value is -2.58. The van der Waals surface area contributed by atoms with Gasteiger partial charge in [0.15, 0.2) is 0 Å². The van der Waals surface area contributed by atoms with Crippen molar-refractivity contribution in [2.24, 2.45) is 0 Å². The molecule has 1 aromatic carbocycles. The predicted octanol–water partition coefficient (Wildman–Crippen LogP) is 1.79. The Bertz CT molecular complexity index is 639. The highest BCUT2D eigenvalue weighted by molar-refractivity contribution is 5.54. The molecule has 1 aromatic heterocycles. The molecular weight excluding hydrogens is 286 g/mol. The molecule has 0 unspecified atom stereocenters. The zero-order valence-electron chi connectivity index (χ0n) is 11.7. The van der Waals surface area contributed by atoms with Gasteiger partial charge in [-0.25, -0.2) is 9.97 Å². The number of nitrogens with zero attached hydrogens (tertiary/aromatic N) is 3. The fourth-order valence-electron chi connectivity index (χ4n) is 2.17. The average molecular weight is 301 g/mol. The maximum Gasteiger partial charge on any atom is 0.305 e. The first-order chi connectivity index (χ1) is 10.7. The first kappa shape index (κ1) is 14.4. The Kier molecular flexibility index (Phi) is 4.22. The Labute approximate surface area is 126 Å². The molecule has 0 radical (unpaired) electrons. The fourth-order valence-corrected chi connectivity index (χ4v) is 2.17. The SMILES string of the molecule is O=[N+]([O-])c1cnc(Nc2ccc([C@H]3CNCCO3)cc2)nc1. The van der Waals surface area contributed by atoms with Gasteiger partial charge in [-0.05, 0) is 17.7 Å². The number of morpholine rings is 1. The number of benzene rings is 1. The number of rotatable bonds is 4. The molecule has 1 atom stereocenters. The lowest BCUT2D eigenvalue weighted by Gasteiger charge is -2.24. The minimum Gasteiger partial charge on any atom is -0.371 e. The van der Waals surface area contributed by atoms with Crippen LogP contribution in [0.5, 0.6) is 0 Å². The van der Waals surface area contributed by atoms with Crippen molar-refractivity contribution < 1.29 is 9.66 Å². The minimum absolute atomic E-state index is 0.0680. The highest BCUT2D eigenvalue weighted by atomic mass is 16.6. The molecule has 1 fully saturated rings. The minimum atomic E-state index is -0.531. The van der Waals surface area contributed by atoms with Crippen LogP contribution in [-0.4, -0.2) is 34.6 Å². The molecule has 22 heavy (non-hydrogen) atoms. The van der Waals surface area contributed by atoms with Crippen LogP contribution in [0.15, 0.2) is 36.7 Å². The second-order valence-electron chi connectivity index (χ2n) is 4.83. The van der Waals surface area contributed by atoms with E-state index in [0.29, 0.717) is 12.6 Å². The van der Waals surface area contributed by atoms with Crippen LogP contribution in [0.3, 0.4) is 0 Å². The van der Waals surface area contributed by atoms with Crippen LogP contribution in [0.2, 0.25) is 0 Å². The fraction of sp³-hybridized carbons (Fsp3) is 0.286. The van der Waals surface area contributed by atoms with Crippen molar-refractivity contribution in [3.8, 4) is 0 Å². The summed E-state index contributed by atoms with van der Waals surface area (Å²) in [6, 6.07) is 7.76. The van der Waals surface area contributed by atoms with Crippen LogP contribution in [0.1, 0.15) is 11.7 Å². The largest absolute Gasteiger partial charge is 0.371 e. The highest BCUT2D eigenvalue weighted by Crippen LogP contribution is 2.22. The van der Waals surface area contributed by atoms with E-state index in [1.54, 1.807) is 0 Å². The number of hydrogen-bond donors (Lipinski definition) is 2. The summed E-state index contributed by atoms with van der Waals surface area (Å²) >= 11 is 0. The van der Waals surface area contributed by atoms with E-state index in [4.69, 9.17) is 4.74 Å². The number of aromatic nitrogens is 2. The van der Waals surface area contributed by atoms with Crippen molar-refractivity contribution in [2.75, 3.05) is 25.0 Å². The van der Waals surface area contributed by atoms with Crippen LogP contribution < -0.4 is 10.6 Å². The van der Waals surface area contributed by atoms with E-state index >= 15 is 0 Å². The predicted molar refractivity (Wildman–Crippen MR) is 80.0 cm³/mol. The molecule has 1 saturated heterocycles. The van der Waals surface area contributed by atoms with Gasteiger partial charge in [0.2, 0.25) is 5.95 Å². The van der Waals surface area contributed by atoms with Gasteiger partial charge in [0, 0.05) is 18.8 Å². The van der Waals surface area contributed by atoms with Crippen LogP contribution in [0.4, 0.5) is 17.3 Å². The van der Waals surface area contributed by atoms with Crippen molar-refractivity contribution in [2.45, 2.75) is 6.10 Å². The average Bonchev–Trinajstić information content (AvgIpc) is 2.57. The normalized spacial score (nSPS) is 17.9. The molecule has 1 aliphatic rings. The van der Waals surface area contributed by atoms with E-state index < -0.39 is 4.92 Å². The zero-order chi connectivity index (χ0) is 15.4. The van der Waals surface area contributed by atoms with Crippen LogP contribution >= 0.6 is 0 Å². The quantitative estimate of drug-likeness (QED) is 0.655. The third-order valence-electron chi connectivity index (χ3n) is 3.32. The molecule has 0 saturated carbocycles. The van der Waals surface area contributed by atoms with Gasteiger partial charge in [0.05, 0.1) is 17.6 Å². The summed E-state index contributed by atoms with van der Waals surface area (Å²) in [6.45, 7) is 2.40. The van der Waals surface area contributed by atoms with E-state index in [9.17, 15) is 10.1 Å². The molecule has 0 amide bonds. The molecule has 0 aliphatic carbocycles. The molecule has 2 N–H and O–H groups in total. The van der Waals surface area contributed by atoms with Gasteiger partial charge in [0.25, 0.3) is 0 Å². The zero-order valence-corrected chi connectivity index (χ0v) is 11.7. The summed E-state index contributed by atoms with van der Waals surface area (Å²) < 4.78 is 5.69. The van der Waals surface area contributed by atoms with Gasteiger partial charge < -0.3 is 15.4 Å². The molecule has 3 rings (SSSR count). The summed E-state index contributed by atoms with van der Waals surface area (Å²) in [5, 5.41) is 16.8. The summed E-state index contributed by atoms with van der Waals surface area (Å²) in [7, 11) is 0. The van der Waals surface area contributed by atoms with Crippen LogP contribution in [0.25, 0.3) is 0 Å². The van der Waals surface area contributed by atoms with Gasteiger partial charge in [0.1, 0.15) is 12.4 Å². The second-order valence-corrected chi connectivity index (χ2v) is 4.83. The van der Waals surface area contributed by atoms with E-state index in [1.807, 2.05) is 24.3 Å². The third-order valence-corrected chi connectivity index (χ3v) is 3.32. The highest BCUT2D eigenvalue weighted by Gasteiger charge is 2.15. The summed E-state index contributed by atoms with van der Waals surface area (Å²) in [6.07, 6.45) is 2.41. The van der Waals surface area contributed by atoms with Gasteiger partial charge in [-0.2, -0.15) is 0 Å². The third kappa shape index (κ3) is 3.35. The van der Waals surface area contributed by atoms with Crippen LogP contribution in [-0.2, 0) is 4.74 Å². The van der Waals surface area contributed by atoms with Crippen LogP contribution in [0, 0.1) is 10.1 Å². The molecule has 2 heterocycles. The maximum absolute atomic E-state index is 10.5. The molecule has 8 heteroatoms. The summed E-state index contributed by atoms with van der Waals surface area (Å²) in [5.74, 6) is 0.314. The van der Waals surface area contributed by atoms with Gasteiger partial charge in [-0.15, -0.1) is 0 Å². The number of hydrogen-bond acceptors (Lipinski definition) is 7. The first-order valence-corrected chi connectivity index (χ1v) is 6.88. The lowest BCUT2D eigenvalue weighted by Crippen LogP contribution is -2.33. The van der Waals surface area contributed by atoms with Crippen molar-refractivity contribution in [3.05, 3.63) is 52.3 Å². The lowest BCUT2D eigenvalue weighted by atomic mass is 10.1. The first-order valence-electron chi connectivity index (χ1n) is 6.88. The van der Waals surface area contributed by atoms with Gasteiger partial charge >= 0.3 is 5.69 Å². The number of ether oxygens (including phenoxy) is 1. The molecule has 8 nitrogen and oxygen atoms in total. The summed E-state index contributed by atoms with van der Waals surface area (Å²) in [5.41, 5.74) is 1.77. The Balaban J connectivity index is 1.66.